The first-order valence-electron chi connectivity index (χ1n) is 6.24. The Labute approximate surface area is 110 Å². The van der Waals surface area contributed by atoms with Crippen LogP contribution in [0.1, 0.15) is 12.0 Å². The van der Waals surface area contributed by atoms with E-state index in [0.29, 0.717) is 0 Å². The Kier molecular flexibility index (Phi) is 6.54. The number of benzene rings is 1. The Morgan fingerprint density at radius 2 is 1.72 bits per heavy atom. The third-order valence-corrected chi connectivity index (χ3v) is 2.83. The SMILES string of the molecule is CNCCCN(C)Cc1cc(OC)cc(OC)c1. The van der Waals surface area contributed by atoms with E-state index in [2.05, 4.69) is 29.4 Å². The number of methoxy groups -OCH3 is 2. The van der Waals surface area contributed by atoms with Crippen LogP contribution >= 0.6 is 0 Å². The molecule has 18 heavy (non-hydrogen) atoms. The number of nitrogens with one attached hydrogen (secondary N) is 1. The van der Waals surface area contributed by atoms with Gasteiger partial charge in [-0.15, -0.1) is 0 Å². The lowest BCUT2D eigenvalue weighted by molar-refractivity contribution is 0.319. The van der Waals surface area contributed by atoms with Gasteiger partial charge in [-0.1, -0.05) is 0 Å². The standard InChI is InChI=1S/C14H24N2O2/c1-15-6-5-7-16(2)11-12-8-13(17-3)10-14(9-12)18-4/h8-10,15H,5-7,11H2,1-4H3. The minimum atomic E-state index is 0.841. The molecule has 1 aromatic rings. The van der Waals surface area contributed by atoms with Gasteiger partial charge in [-0.05, 0) is 51.3 Å². The number of hydrogen-bond donors (Lipinski definition) is 1. The molecule has 0 atom stereocenters. The van der Waals surface area contributed by atoms with Crippen molar-refractivity contribution in [1.29, 1.82) is 0 Å². The van der Waals surface area contributed by atoms with Gasteiger partial charge in [-0.2, -0.15) is 0 Å². The average Bonchev–Trinajstić information content (AvgIpc) is 2.38. The summed E-state index contributed by atoms with van der Waals surface area (Å²) in [6.07, 6.45) is 1.15. The molecule has 0 spiro atoms. The van der Waals surface area contributed by atoms with Gasteiger partial charge >= 0.3 is 0 Å². The highest BCUT2D eigenvalue weighted by Crippen LogP contribution is 2.23. The van der Waals surface area contributed by atoms with Gasteiger partial charge in [0.1, 0.15) is 11.5 Å². The summed E-state index contributed by atoms with van der Waals surface area (Å²) in [6.45, 7) is 3.02. The molecule has 0 saturated carbocycles. The van der Waals surface area contributed by atoms with Crippen molar-refractivity contribution < 1.29 is 9.47 Å². The van der Waals surface area contributed by atoms with Crippen LogP contribution in [-0.4, -0.2) is 46.3 Å². The van der Waals surface area contributed by atoms with Crippen molar-refractivity contribution in [3.05, 3.63) is 23.8 Å². The lowest BCUT2D eigenvalue weighted by Gasteiger charge is -2.17. The summed E-state index contributed by atoms with van der Waals surface area (Å²) in [5, 5.41) is 3.16. The van der Waals surface area contributed by atoms with Crippen molar-refractivity contribution in [1.82, 2.24) is 10.2 Å². The zero-order chi connectivity index (χ0) is 13.4. The van der Waals surface area contributed by atoms with E-state index in [0.717, 1.165) is 37.6 Å². The number of ether oxygens (including phenoxy) is 2. The molecule has 0 aliphatic carbocycles. The molecule has 102 valence electrons. The van der Waals surface area contributed by atoms with E-state index in [1.165, 1.54) is 5.56 Å². The molecule has 0 aromatic heterocycles. The molecule has 0 amide bonds. The van der Waals surface area contributed by atoms with E-state index in [1.54, 1.807) is 14.2 Å². The molecule has 0 heterocycles. The predicted octanol–water partition coefficient (Wildman–Crippen LogP) is 1.75. The summed E-state index contributed by atoms with van der Waals surface area (Å²) in [4.78, 5) is 2.30. The van der Waals surface area contributed by atoms with Crippen molar-refractivity contribution in [3.8, 4) is 11.5 Å². The molecule has 0 saturated heterocycles. The summed E-state index contributed by atoms with van der Waals surface area (Å²) in [6, 6.07) is 6.00. The fourth-order valence-corrected chi connectivity index (χ4v) is 1.87. The monoisotopic (exact) mass is 252 g/mol. The molecule has 0 radical (unpaired) electrons. The van der Waals surface area contributed by atoms with Crippen LogP contribution in [0.2, 0.25) is 0 Å². The summed E-state index contributed by atoms with van der Waals surface area (Å²) < 4.78 is 10.5. The Morgan fingerprint density at radius 1 is 1.11 bits per heavy atom. The van der Waals surface area contributed by atoms with Crippen molar-refractivity contribution in [2.24, 2.45) is 0 Å². The smallest absolute Gasteiger partial charge is 0.122 e. The average molecular weight is 252 g/mol. The lowest BCUT2D eigenvalue weighted by atomic mass is 10.2. The molecule has 0 fully saturated rings. The predicted molar refractivity (Wildman–Crippen MR) is 74.4 cm³/mol. The normalized spacial score (nSPS) is 10.7. The molecular formula is C14H24N2O2. The van der Waals surface area contributed by atoms with Crippen LogP contribution in [0, 0.1) is 0 Å². The highest BCUT2D eigenvalue weighted by atomic mass is 16.5. The second-order valence-corrected chi connectivity index (χ2v) is 4.42. The largest absolute Gasteiger partial charge is 0.497 e. The van der Waals surface area contributed by atoms with Crippen LogP contribution in [-0.2, 0) is 6.54 Å². The van der Waals surface area contributed by atoms with Gasteiger partial charge in [0, 0.05) is 12.6 Å². The van der Waals surface area contributed by atoms with Gasteiger partial charge in [0.25, 0.3) is 0 Å². The number of nitrogens with zero attached hydrogens (tertiary/aromatic N) is 1. The fourth-order valence-electron chi connectivity index (χ4n) is 1.87. The van der Waals surface area contributed by atoms with E-state index in [4.69, 9.17) is 9.47 Å². The molecule has 1 rings (SSSR count). The van der Waals surface area contributed by atoms with Gasteiger partial charge < -0.3 is 19.7 Å². The molecule has 0 bridgehead atoms. The van der Waals surface area contributed by atoms with E-state index >= 15 is 0 Å². The van der Waals surface area contributed by atoms with Gasteiger partial charge in [0.15, 0.2) is 0 Å². The van der Waals surface area contributed by atoms with Gasteiger partial charge in [0.05, 0.1) is 14.2 Å². The van der Waals surface area contributed by atoms with Crippen LogP contribution < -0.4 is 14.8 Å². The van der Waals surface area contributed by atoms with E-state index in [-0.39, 0.29) is 0 Å². The van der Waals surface area contributed by atoms with Gasteiger partial charge in [-0.3, -0.25) is 0 Å². The summed E-state index contributed by atoms with van der Waals surface area (Å²) in [5.41, 5.74) is 1.21. The topological polar surface area (TPSA) is 33.7 Å². The fraction of sp³-hybridized carbons (Fsp3) is 0.571. The summed E-state index contributed by atoms with van der Waals surface area (Å²) >= 11 is 0. The minimum Gasteiger partial charge on any atom is -0.497 e. The summed E-state index contributed by atoms with van der Waals surface area (Å²) in [5.74, 6) is 1.68. The number of rotatable bonds is 8. The van der Waals surface area contributed by atoms with Crippen molar-refractivity contribution in [3.63, 3.8) is 0 Å². The maximum atomic E-state index is 5.27. The molecule has 1 N–H and O–H groups in total. The highest BCUT2D eigenvalue weighted by molar-refractivity contribution is 5.38. The first kappa shape index (κ1) is 14.8. The van der Waals surface area contributed by atoms with E-state index in [1.807, 2.05) is 13.1 Å². The van der Waals surface area contributed by atoms with Gasteiger partial charge in [-0.25, -0.2) is 0 Å². The van der Waals surface area contributed by atoms with Crippen LogP contribution in [0.25, 0.3) is 0 Å². The van der Waals surface area contributed by atoms with Crippen LogP contribution in [0.15, 0.2) is 18.2 Å². The van der Waals surface area contributed by atoms with Gasteiger partial charge in [0.2, 0.25) is 0 Å². The van der Waals surface area contributed by atoms with E-state index < -0.39 is 0 Å². The first-order chi connectivity index (χ1) is 8.69. The molecule has 1 aromatic carbocycles. The van der Waals surface area contributed by atoms with E-state index in [9.17, 15) is 0 Å². The highest BCUT2D eigenvalue weighted by Gasteiger charge is 2.04. The Bertz CT molecular complexity index is 333. The Morgan fingerprint density at radius 3 is 2.22 bits per heavy atom. The Balaban J connectivity index is 2.59. The maximum absolute atomic E-state index is 5.27. The molecule has 0 unspecified atom stereocenters. The second-order valence-electron chi connectivity index (χ2n) is 4.42. The number of hydrogen-bond acceptors (Lipinski definition) is 4. The zero-order valence-electron chi connectivity index (χ0n) is 11.8. The molecule has 4 heteroatoms. The Hall–Kier alpha value is -1.26. The molecular weight excluding hydrogens is 228 g/mol. The van der Waals surface area contributed by atoms with Crippen molar-refractivity contribution in [2.45, 2.75) is 13.0 Å². The molecule has 0 aliphatic rings. The second kappa shape index (κ2) is 7.95. The van der Waals surface area contributed by atoms with Crippen LogP contribution in [0.5, 0.6) is 11.5 Å². The molecule has 4 nitrogen and oxygen atoms in total. The summed E-state index contributed by atoms with van der Waals surface area (Å²) in [7, 11) is 7.46. The quantitative estimate of drug-likeness (QED) is 0.715. The first-order valence-corrected chi connectivity index (χ1v) is 6.24. The van der Waals surface area contributed by atoms with Crippen molar-refractivity contribution in [2.75, 3.05) is 41.4 Å². The lowest BCUT2D eigenvalue weighted by Crippen LogP contribution is -2.22. The van der Waals surface area contributed by atoms with Crippen LogP contribution in [0.4, 0.5) is 0 Å². The maximum Gasteiger partial charge on any atom is 0.122 e. The zero-order valence-corrected chi connectivity index (χ0v) is 11.8. The molecule has 0 aliphatic heterocycles. The van der Waals surface area contributed by atoms with Crippen LogP contribution in [0.3, 0.4) is 0 Å². The van der Waals surface area contributed by atoms with Crippen molar-refractivity contribution >= 4 is 0 Å². The minimum absolute atomic E-state index is 0.841. The third-order valence-electron chi connectivity index (χ3n) is 2.83. The third kappa shape index (κ3) is 4.94.